The summed E-state index contributed by atoms with van der Waals surface area (Å²) in [6.45, 7) is 6.54. The molecule has 0 aromatic rings. The van der Waals surface area contributed by atoms with Crippen molar-refractivity contribution in [1.29, 1.82) is 0 Å². The molecular formula is C11H21NS. The van der Waals surface area contributed by atoms with E-state index < -0.39 is 0 Å². The predicted molar refractivity (Wildman–Crippen MR) is 64.1 cm³/mol. The van der Waals surface area contributed by atoms with Gasteiger partial charge in [0.15, 0.2) is 0 Å². The van der Waals surface area contributed by atoms with Crippen LogP contribution in [0.4, 0.5) is 0 Å². The van der Waals surface area contributed by atoms with Gasteiger partial charge in [0.05, 0.1) is 4.99 Å². The number of hydrogen-bond acceptors (Lipinski definition) is 1. The molecule has 0 aliphatic rings. The normalized spacial score (nSPS) is 12.0. The Labute approximate surface area is 87.6 Å². The minimum Gasteiger partial charge on any atom is -0.383 e. The summed E-state index contributed by atoms with van der Waals surface area (Å²) in [5.74, 6) is 0.690. The second kappa shape index (κ2) is 7.07. The molecule has 0 saturated carbocycles. The highest BCUT2D eigenvalue weighted by Crippen LogP contribution is 2.11. The zero-order valence-electron chi connectivity index (χ0n) is 9.18. The lowest BCUT2D eigenvalue weighted by molar-refractivity contribution is 0.557. The Kier molecular flexibility index (Phi) is 6.87. The van der Waals surface area contributed by atoms with Gasteiger partial charge in [0.25, 0.3) is 0 Å². The molecule has 76 valence electrons. The minimum absolute atomic E-state index is 0.690. The van der Waals surface area contributed by atoms with Crippen LogP contribution in [0.5, 0.6) is 0 Å². The monoisotopic (exact) mass is 199 g/mol. The molecule has 1 nitrogen and oxygen atoms in total. The molecular weight excluding hydrogens is 178 g/mol. The van der Waals surface area contributed by atoms with Crippen LogP contribution in [0.3, 0.4) is 0 Å². The molecule has 1 atom stereocenters. The average Bonchev–Trinajstić information content (AvgIpc) is 2.03. The van der Waals surface area contributed by atoms with Gasteiger partial charge in [-0.3, -0.25) is 0 Å². The molecule has 0 aromatic heterocycles. The van der Waals surface area contributed by atoms with Crippen LogP contribution in [0.15, 0.2) is 11.6 Å². The Bertz CT molecular complexity index is 181. The van der Waals surface area contributed by atoms with E-state index >= 15 is 0 Å². The Morgan fingerprint density at radius 1 is 1.46 bits per heavy atom. The van der Waals surface area contributed by atoms with E-state index in [0.29, 0.717) is 5.92 Å². The highest BCUT2D eigenvalue weighted by Gasteiger charge is 2.03. The van der Waals surface area contributed by atoms with E-state index in [1.807, 2.05) is 7.05 Å². The fourth-order valence-corrected chi connectivity index (χ4v) is 1.46. The summed E-state index contributed by atoms with van der Waals surface area (Å²) in [5, 5.41) is 3.01. The van der Waals surface area contributed by atoms with Crippen LogP contribution in [0, 0.1) is 5.92 Å². The molecule has 13 heavy (non-hydrogen) atoms. The van der Waals surface area contributed by atoms with Gasteiger partial charge in [0.1, 0.15) is 0 Å². The number of nitrogens with one attached hydrogen (secondary N) is 1. The van der Waals surface area contributed by atoms with E-state index in [2.05, 4.69) is 32.2 Å². The van der Waals surface area contributed by atoms with Crippen molar-refractivity contribution >= 4 is 17.2 Å². The van der Waals surface area contributed by atoms with Crippen LogP contribution in [0.2, 0.25) is 0 Å². The van der Waals surface area contributed by atoms with Gasteiger partial charge in [-0.1, -0.05) is 30.8 Å². The van der Waals surface area contributed by atoms with Crippen LogP contribution >= 0.6 is 12.2 Å². The lowest BCUT2D eigenvalue weighted by atomic mass is 10.0. The second-order valence-corrected chi connectivity index (χ2v) is 4.33. The van der Waals surface area contributed by atoms with Gasteiger partial charge in [0, 0.05) is 13.5 Å². The zero-order chi connectivity index (χ0) is 10.3. The highest BCUT2D eigenvalue weighted by molar-refractivity contribution is 7.80. The van der Waals surface area contributed by atoms with Crippen molar-refractivity contribution in [2.75, 3.05) is 7.05 Å². The topological polar surface area (TPSA) is 12.0 Å². The molecule has 0 aliphatic heterocycles. The number of thiocarbonyl (C=S) groups is 1. The Morgan fingerprint density at radius 2 is 2.08 bits per heavy atom. The molecule has 0 fully saturated rings. The van der Waals surface area contributed by atoms with E-state index in [-0.39, 0.29) is 0 Å². The minimum atomic E-state index is 0.690. The summed E-state index contributed by atoms with van der Waals surface area (Å²) in [4.78, 5) is 0.977. The Morgan fingerprint density at radius 3 is 2.54 bits per heavy atom. The summed E-state index contributed by atoms with van der Waals surface area (Å²) in [6, 6.07) is 0. The molecule has 2 heteroatoms. The first-order valence-corrected chi connectivity index (χ1v) is 5.31. The fourth-order valence-electron chi connectivity index (χ4n) is 1.18. The van der Waals surface area contributed by atoms with Crippen molar-refractivity contribution < 1.29 is 0 Å². The molecule has 0 radical (unpaired) electrons. The molecule has 1 unspecified atom stereocenters. The molecule has 0 spiro atoms. The predicted octanol–water partition coefficient (Wildman–Crippen LogP) is 3.31. The molecule has 0 amide bonds. The van der Waals surface area contributed by atoms with Crippen molar-refractivity contribution in [3.05, 3.63) is 11.6 Å². The Hall–Kier alpha value is -0.370. The summed E-state index contributed by atoms with van der Waals surface area (Å²) in [5.41, 5.74) is 1.41. The highest BCUT2D eigenvalue weighted by atomic mass is 32.1. The van der Waals surface area contributed by atoms with Crippen LogP contribution in [0.1, 0.15) is 40.0 Å². The molecule has 0 heterocycles. The Balaban J connectivity index is 3.57. The van der Waals surface area contributed by atoms with E-state index in [0.717, 1.165) is 11.4 Å². The van der Waals surface area contributed by atoms with E-state index in [4.69, 9.17) is 12.2 Å². The van der Waals surface area contributed by atoms with Gasteiger partial charge >= 0.3 is 0 Å². The number of hydrogen-bond donors (Lipinski definition) is 1. The first kappa shape index (κ1) is 12.6. The maximum absolute atomic E-state index is 5.11. The molecule has 0 aliphatic carbocycles. The van der Waals surface area contributed by atoms with Crippen LogP contribution in [-0.2, 0) is 0 Å². The fraction of sp³-hybridized carbons (Fsp3) is 0.727. The summed E-state index contributed by atoms with van der Waals surface area (Å²) in [6.07, 6.45) is 5.71. The third kappa shape index (κ3) is 7.97. The van der Waals surface area contributed by atoms with E-state index in [1.54, 1.807) is 0 Å². The first-order valence-electron chi connectivity index (χ1n) is 4.90. The van der Waals surface area contributed by atoms with E-state index in [9.17, 15) is 0 Å². The quantitative estimate of drug-likeness (QED) is 0.538. The molecule has 0 saturated heterocycles. The summed E-state index contributed by atoms with van der Waals surface area (Å²) < 4.78 is 0. The number of allylic oxidation sites excluding steroid dienone is 2. The number of rotatable bonds is 5. The molecule has 0 aromatic carbocycles. The van der Waals surface area contributed by atoms with Gasteiger partial charge in [-0.25, -0.2) is 0 Å². The van der Waals surface area contributed by atoms with Gasteiger partial charge in [-0.15, -0.1) is 0 Å². The standard InChI is InChI=1S/C11H21NS/c1-9(2)6-5-7-10(3)8-11(13)12-4/h6,10H,5,7-8H2,1-4H3,(H,12,13). The lowest BCUT2D eigenvalue weighted by Crippen LogP contribution is -2.18. The maximum atomic E-state index is 5.11. The van der Waals surface area contributed by atoms with Crippen molar-refractivity contribution in [1.82, 2.24) is 5.32 Å². The SMILES string of the molecule is CNC(=S)CC(C)CCC=C(C)C. The third-order valence-corrected chi connectivity index (χ3v) is 2.40. The summed E-state index contributed by atoms with van der Waals surface area (Å²) in [7, 11) is 1.89. The van der Waals surface area contributed by atoms with Crippen molar-refractivity contribution in [2.45, 2.75) is 40.0 Å². The zero-order valence-corrected chi connectivity index (χ0v) is 10.0. The van der Waals surface area contributed by atoms with Crippen molar-refractivity contribution in [3.63, 3.8) is 0 Å². The third-order valence-electron chi connectivity index (χ3n) is 2.02. The maximum Gasteiger partial charge on any atom is 0.0753 e. The van der Waals surface area contributed by atoms with Gasteiger partial charge in [-0.05, 0) is 32.6 Å². The van der Waals surface area contributed by atoms with Gasteiger partial charge in [0.2, 0.25) is 0 Å². The van der Waals surface area contributed by atoms with Gasteiger partial charge in [-0.2, -0.15) is 0 Å². The molecule has 1 N–H and O–H groups in total. The van der Waals surface area contributed by atoms with E-state index in [1.165, 1.54) is 18.4 Å². The van der Waals surface area contributed by atoms with Gasteiger partial charge < -0.3 is 5.32 Å². The summed E-state index contributed by atoms with van der Waals surface area (Å²) >= 11 is 5.11. The molecule has 0 bridgehead atoms. The van der Waals surface area contributed by atoms with Crippen molar-refractivity contribution in [2.24, 2.45) is 5.92 Å². The smallest absolute Gasteiger partial charge is 0.0753 e. The largest absolute Gasteiger partial charge is 0.383 e. The van der Waals surface area contributed by atoms with Crippen LogP contribution in [0.25, 0.3) is 0 Å². The lowest BCUT2D eigenvalue weighted by Gasteiger charge is -2.10. The first-order chi connectivity index (χ1) is 6.06. The van der Waals surface area contributed by atoms with Crippen LogP contribution < -0.4 is 5.32 Å². The molecule has 0 rings (SSSR count). The van der Waals surface area contributed by atoms with Crippen LogP contribution in [-0.4, -0.2) is 12.0 Å². The van der Waals surface area contributed by atoms with Crippen molar-refractivity contribution in [3.8, 4) is 0 Å². The average molecular weight is 199 g/mol. The second-order valence-electron chi connectivity index (χ2n) is 3.84.